The Hall–Kier alpha value is -2.20. The Kier molecular flexibility index (Phi) is 5.67. The van der Waals surface area contributed by atoms with Crippen molar-refractivity contribution in [3.8, 4) is 0 Å². The van der Waals surface area contributed by atoms with E-state index in [-0.39, 0.29) is 5.91 Å². The molecule has 0 unspecified atom stereocenters. The summed E-state index contributed by atoms with van der Waals surface area (Å²) in [6.45, 7) is 9.23. The topological polar surface area (TPSA) is 45.2 Å². The zero-order chi connectivity index (χ0) is 15.9. The molecule has 0 aliphatic carbocycles. The Morgan fingerprint density at radius 3 is 2.32 bits per heavy atom. The molecule has 22 heavy (non-hydrogen) atoms. The van der Waals surface area contributed by atoms with Crippen LogP contribution in [-0.2, 0) is 6.54 Å². The molecule has 1 amide bonds. The van der Waals surface area contributed by atoms with Crippen molar-refractivity contribution in [3.05, 3.63) is 59.3 Å². The van der Waals surface area contributed by atoms with E-state index in [9.17, 15) is 4.79 Å². The third-order valence-electron chi connectivity index (χ3n) is 3.67. The summed E-state index contributed by atoms with van der Waals surface area (Å²) in [5.41, 5.74) is 2.93. The minimum atomic E-state index is -0.134. The number of carbonyl (C=O) groups excluding carboxylic acids is 1. The van der Waals surface area contributed by atoms with Crippen molar-refractivity contribution >= 4 is 11.7 Å². The summed E-state index contributed by atoms with van der Waals surface area (Å²) < 4.78 is 0. The van der Waals surface area contributed by atoms with Gasteiger partial charge in [-0.25, -0.2) is 4.98 Å². The molecule has 2 aromatic rings. The van der Waals surface area contributed by atoms with Crippen molar-refractivity contribution < 1.29 is 4.79 Å². The summed E-state index contributed by atoms with van der Waals surface area (Å²) in [4.78, 5) is 18.7. The second-order valence-corrected chi connectivity index (χ2v) is 5.33. The van der Waals surface area contributed by atoms with Gasteiger partial charge in [-0.1, -0.05) is 32.0 Å². The van der Waals surface area contributed by atoms with Crippen LogP contribution in [0.5, 0.6) is 0 Å². The van der Waals surface area contributed by atoms with E-state index in [0.29, 0.717) is 11.4 Å². The van der Waals surface area contributed by atoms with Gasteiger partial charge in [0.05, 0.1) is 0 Å². The fourth-order valence-corrected chi connectivity index (χ4v) is 2.20. The lowest BCUT2D eigenvalue weighted by Crippen LogP contribution is -2.22. The van der Waals surface area contributed by atoms with E-state index in [1.165, 1.54) is 5.56 Å². The average molecular weight is 297 g/mol. The first-order valence-electron chi connectivity index (χ1n) is 7.67. The van der Waals surface area contributed by atoms with Gasteiger partial charge >= 0.3 is 0 Å². The number of amides is 1. The summed E-state index contributed by atoms with van der Waals surface area (Å²) in [6, 6.07) is 11.5. The molecule has 4 nitrogen and oxygen atoms in total. The number of pyridine rings is 1. The highest BCUT2D eigenvalue weighted by Crippen LogP contribution is 2.10. The van der Waals surface area contributed by atoms with Crippen LogP contribution in [0.15, 0.2) is 42.6 Å². The number of carbonyl (C=O) groups is 1. The molecule has 1 aromatic heterocycles. The van der Waals surface area contributed by atoms with Gasteiger partial charge in [-0.3, -0.25) is 9.69 Å². The smallest absolute Gasteiger partial charge is 0.256 e. The van der Waals surface area contributed by atoms with E-state index in [4.69, 9.17) is 0 Å². The summed E-state index contributed by atoms with van der Waals surface area (Å²) >= 11 is 0. The molecule has 1 aromatic carbocycles. The standard InChI is InChI=1S/C18H23N3O/c1-4-21(5-2)13-15-7-9-16(10-8-15)18(22)20-17-11-6-14(3)12-19-17/h6-12H,4-5,13H2,1-3H3,(H,19,20,22). The summed E-state index contributed by atoms with van der Waals surface area (Å²) in [5, 5.41) is 2.81. The molecule has 0 fully saturated rings. The number of aromatic nitrogens is 1. The monoisotopic (exact) mass is 297 g/mol. The molecule has 0 aliphatic rings. The van der Waals surface area contributed by atoms with Gasteiger partial charge in [0.25, 0.3) is 5.91 Å². The maximum Gasteiger partial charge on any atom is 0.256 e. The van der Waals surface area contributed by atoms with Crippen molar-refractivity contribution in [2.45, 2.75) is 27.3 Å². The van der Waals surface area contributed by atoms with Crippen molar-refractivity contribution in [2.24, 2.45) is 0 Å². The first-order chi connectivity index (χ1) is 10.6. The number of benzene rings is 1. The Balaban J connectivity index is 2.00. The maximum atomic E-state index is 12.2. The van der Waals surface area contributed by atoms with Crippen molar-refractivity contribution in [3.63, 3.8) is 0 Å². The quantitative estimate of drug-likeness (QED) is 0.888. The predicted octanol–water partition coefficient (Wildman–Crippen LogP) is 3.48. The number of aryl methyl sites for hydroxylation is 1. The molecular weight excluding hydrogens is 274 g/mol. The third-order valence-corrected chi connectivity index (χ3v) is 3.67. The Bertz CT molecular complexity index is 601. The lowest BCUT2D eigenvalue weighted by Gasteiger charge is -2.18. The van der Waals surface area contributed by atoms with E-state index in [0.717, 1.165) is 25.2 Å². The van der Waals surface area contributed by atoms with Gasteiger partial charge in [0.2, 0.25) is 0 Å². The predicted molar refractivity (Wildman–Crippen MR) is 90.0 cm³/mol. The second-order valence-electron chi connectivity index (χ2n) is 5.33. The van der Waals surface area contributed by atoms with E-state index in [2.05, 4.69) is 29.0 Å². The zero-order valence-corrected chi connectivity index (χ0v) is 13.5. The van der Waals surface area contributed by atoms with Gasteiger partial charge in [-0.2, -0.15) is 0 Å². The number of nitrogens with zero attached hydrogens (tertiary/aromatic N) is 2. The highest BCUT2D eigenvalue weighted by molar-refractivity contribution is 6.03. The van der Waals surface area contributed by atoms with Gasteiger partial charge in [-0.15, -0.1) is 0 Å². The van der Waals surface area contributed by atoms with Crippen molar-refractivity contribution in [1.82, 2.24) is 9.88 Å². The van der Waals surface area contributed by atoms with Gasteiger partial charge in [0.1, 0.15) is 5.82 Å². The average Bonchev–Trinajstić information content (AvgIpc) is 2.55. The first kappa shape index (κ1) is 16.2. The molecule has 1 N–H and O–H groups in total. The zero-order valence-electron chi connectivity index (χ0n) is 13.5. The summed E-state index contributed by atoms with van der Waals surface area (Å²) in [7, 11) is 0. The summed E-state index contributed by atoms with van der Waals surface area (Å²) in [5.74, 6) is 0.438. The number of hydrogen-bond donors (Lipinski definition) is 1. The molecule has 2 rings (SSSR count). The van der Waals surface area contributed by atoms with Crippen molar-refractivity contribution in [2.75, 3.05) is 18.4 Å². The maximum absolute atomic E-state index is 12.2. The molecule has 0 saturated carbocycles. The fraction of sp³-hybridized carbons (Fsp3) is 0.333. The van der Waals surface area contributed by atoms with Crippen LogP contribution in [0.2, 0.25) is 0 Å². The number of anilines is 1. The molecule has 0 aliphatic heterocycles. The Morgan fingerprint density at radius 2 is 1.77 bits per heavy atom. The van der Waals surface area contributed by atoms with E-state index in [1.807, 2.05) is 43.3 Å². The van der Waals surface area contributed by atoms with Crippen LogP contribution in [0.3, 0.4) is 0 Å². The highest BCUT2D eigenvalue weighted by atomic mass is 16.1. The lowest BCUT2D eigenvalue weighted by molar-refractivity contribution is 0.102. The van der Waals surface area contributed by atoms with Crippen LogP contribution < -0.4 is 5.32 Å². The molecule has 0 atom stereocenters. The Morgan fingerprint density at radius 1 is 1.09 bits per heavy atom. The van der Waals surface area contributed by atoms with Gasteiger partial charge < -0.3 is 5.32 Å². The van der Waals surface area contributed by atoms with Crippen LogP contribution >= 0.6 is 0 Å². The minimum absolute atomic E-state index is 0.134. The Labute approximate surface area is 132 Å². The molecule has 0 bridgehead atoms. The van der Waals surface area contributed by atoms with Crippen LogP contribution in [0, 0.1) is 6.92 Å². The summed E-state index contributed by atoms with van der Waals surface area (Å²) in [6.07, 6.45) is 1.74. The second kappa shape index (κ2) is 7.71. The largest absolute Gasteiger partial charge is 0.307 e. The van der Waals surface area contributed by atoms with E-state index in [1.54, 1.807) is 6.20 Å². The van der Waals surface area contributed by atoms with E-state index < -0.39 is 0 Å². The van der Waals surface area contributed by atoms with Crippen LogP contribution in [-0.4, -0.2) is 28.9 Å². The molecule has 0 spiro atoms. The molecule has 1 heterocycles. The van der Waals surface area contributed by atoms with Crippen molar-refractivity contribution in [1.29, 1.82) is 0 Å². The molecule has 0 radical (unpaired) electrons. The van der Waals surface area contributed by atoms with Crippen LogP contribution in [0.1, 0.15) is 35.3 Å². The molecule has 0 saturated heterocycles. The normalized spacial score (nSPS) is 10.7. The number of rotatable bonds is 6. The molecular formula is C18H23N3O. The SMILES string of the molecule is CCN(CC)Cc1ccc(C(=O)Nc2ccc(C)cn2)cc1. The highest BCUT2D eigenvalue weighted by Gasteiger charge is 2.07. The number of nitrogens with one attached hydrogen (secondary N) is 1. The van der Waals surface area contributed by atoms with Gasteiger partial charge in [0, 0.05) is 18.3 Å². The van der Waals surface area contributed by atoms with Gasteiger partial charge in [-0.05, 0) is 49.3 Å². The first-order valence-corrected chi connectivity index (χ1v) is 7.67. The number of hydrogen-bond acceptors (Lipinski definition) is 3. The minimum Gasteiger partial charge on any atom is -0.307 e. The molecule has 116 valence electrons. The third kappa shape index (κ3) is 4.40. The van der Waals surface area contributed by atoms with Crippen LogP contribution in [0.25, 0.3) is 0 Å². The van der Waals surface area contributed by atoms with Gasteiger partial charge in [0.15, 0.2) is 0 Å². The van der Waals surface area contributed by atoms with Crippen LogP contribution in [0.4, 0.5) is 5.82 Å². The van der Waals surface area contributed by atoms with E-state index >= 15 is 0 Å². The fourth-order valence-electron chi connectivity index (χ4n) is 2.20. The molecule has 4 heteroatoms. The lowest BCUT2D eigenvalue weighted by atomic mass is 10.1.